The third-order valence-electron chi connectivity index (χ3n) is 5.43. The summed E-state index contributed by atoms with van der Waals surface area (Å²) in [5.74, 6) is 0.471. The molecule has 2 heterocycles. The van der Waals surface area contributed by atoms with E-state index in [4.69, 9.17) is 10.5 Å². The molecule has 1 saturated heterocycles. The molecule has 1 fully saturated rings. The molecule has 144 valence electrons. The van der Waals surface area contributed by atoms with Crippen LogP contribution in [-0.4, -0.2) is 39.5 Å². The van der Waals surface area contributed by atoms with Crippen LogP contribution in [0, 0.1) is 6.92 Å². The molecule has 3 aromatic rings. The summed E-state index contributed by atoms with van der Waals surface area (Å²) in [6.07, 6.45) is 1.45. The Morgan fingerprint density at radius 2 is 1.93 bits per heavy atom. The highest BCUT2D eigenvalue weighted by molar-refractivity contribution is 5.98. The van der Waals surface area contributed by atoms with Gasteiger partial charge in [0.05, 0.1) is 11.0 Å². The molecule has 1 aromatic heterocycles. The minimum absolute atomic E-state index is 0.218. The van der Waals surface area contributed by atoms with Crippen LogP contribution in [0.15, 0.2) is 42.5 Å². The number of hydrogen-bond acceptors (Lipinski definition) is 5. The van der Waals surface area contributed by atoms with Crippen molar-refractivity contribution in [3.05, 3.63) is 65.2 Å². The molecular weight excluding hydrogens is 356 g/mol. The molecule has 0 atom stereocenters. The van der Waals surface area contributed by atoms with E-state index < -0.39 is 11.4 Å². The van der Waals surface area contributed by atoms with E-state index in [1.807, 2.05) is 37.3 Å². The van der Waals surface area contributed by atoms with Gasteiger partial charge in [0.2, 0.25) is 0 Å². The number of benzene rings is 2. The van der Waals surface area contributed by atoms with Crippen molar-refractivity contribution < 1.29 is 14.6 Å². The first kappa shape index (κ1) is 18.2. The normalized spacial score (nSPS) is 16.0. The van der Waals surface area contributed by atoms with Crippen molar-refractivity contribution >= 4 is 11.7 Å². The lowest BCUT2D eigenvalue weighted by molar-refractivity contribution is 0.0604. The highest BCUT2D eigenvalue weighted by atomic mass is 16.5. The molecule has 0 unspecified atom stereocenters. The highest BCUT2D eigenvalue weighted by Gasteiger charge is 2.40. The Kier molecular flexibility index (Phi) is 4.60. The standard InChI is InChI=1S/C21H22N4O3/c1-13-23-20(25-24-13)21(8-10-28-11-9-21)14-6-7-16(19(26)27)17(12-14)15-4-2-3-5-18(15)22/h2-7,12H,8-11,22H2,1H3,(H,26,27)(H,23,24,25). The van der Waals surface area contributed by atoms with E-state index in [0.29, 0.717) is 35.9 Å². The number of nitrogens with one attached hydrogen (secondary N) is 1. The molecule has 1 aliphatic rings. The summed E-state index contributed by atoms with van der Waals surface area (Å²) < 4.78 is 5.59. The predicted molar refractivity (Wildman–Crippen MR) is 105 cm³/mol. The van der Waals surface area contributed by atoms with E-state index in [1.54, 1.807) is 12.1 Å². The summed E-state index contributed by atoms with van der Waals surface area (Å²) in [5, 5.41) is 17.1. The Hall–Kier alpha value is -3.19. The lowest BCUT2D eigenvalue weighted by Crippen LogP contribution is -2.36. The number of anilines is 1. The van der Waals surface area contributed by atoms with Crippen LogP contribution in [0.25, 0.3) is 11.1 Å². The van der Waals surface area contributed by atoms with Gasteiger partial charge in [0.25, 0.3) is 0 Å². The van der Waals surface area contributed by atoms with Gasteiger partial charge < -0.3 is 15.6 Å². The van der Waals surface area contributed by atoms with Crippen LogP contribution in [0.2, 0.25) is 0 Å². The number of carboxylic acid groups (broad SMARTS) is 1. The molecule has 0 saturated carbocycles. The number of para-hydroxylation sites is 1. The monoisotopic (exact) mass is 378 g/mol. The Balaban J connectivity index is 1.93. The smallest absolute Gasteiger partial charge is 0.336 e. The maximum Gasteiger partial charge on any atom is 0.336 e. The number of H-pyrrole nitrogens is 1. The van der Waals surface area contributed by atoms with Crippen molar-refractivity contribution in [1.82, 2.24) is 15.2 Å². The molecule has 2 aromatic carbocycles. The number of carboxylic acids is 1. The average Bonchev–Trinajstić information content (AvgIpc) is 3.15. The quantitative estimate of drug-likeness (QED) is 0.601. The number of nitrogens with zero attached hydrogens (tertiary/aromatic N) is 2. The SMILES string of the molecule is Cc1nc(C2(c3ccc(C(=O)O)c(-c4ccccc4N)c3)CCOCC2)n[nH]1. The van der Waals surface area contributed by atoms with Gasteiger partial charge in [-0.1, -0.05) is 24.3 Å². The van der Waals surface area contributed by atoms with Gasteiger partial charge in [0, 0.05) is 24.5 Å². The molecule has 0 spiro atoms. The summed E-state index contributed by atoms with van der Waals surface area (Å²) in [6.45, 7) is 3.06. The Morgan fingerprint density at radius 3 is 2.57 bits per heavy atom. The summed E-state index contributed by atoms with van der Waals surface area (Å²) in [6, 6.07) is 12.7. The molecule has 0 bridgehead atoms. The van der Waals surface area contributed by atoms with Crippen molar-refractivity contribution in [1.29, 1.82) is 0 Å². The molecule has 4 rings (SSSR count). The number of aromatic nitrogens is 3. The molecule has 0 radical (unpaired) electrons. The molecular formula is C21H22N4O3. The fraction of sp³-hybridized carbons (Fsp3) is 0.286. The molecule has 28 heavy (non-hydrogen) atoms. The van der Waals surface area contributed by atoms with E-state index >= 15 is 0 Å². The average molecular weight is 378 g/mol. The van der Waals surface area contributed by atoms with E-state index in [-0.39, 0.29) is 5.56 Å². The third kappa shape index (κ3) is 3.03. The fourth-order valence-electron chi connectivity index (χ4n) is 3.91. The van der Waals surface area contributed by atoms with Crippen LogP contribution in [-0.2, 0) is 10.2 Å². The van der Waals surface area contributed by atoms with Crippen molar-refractivity contribution in [2.75, 3.05) is 18.9 Å². The number of aryl methyl sites for hydroxylation is 1. The van der Waals surface area contributed by atoms with Gasteiger partial charge in [-0.15, -0.1) is 0 Å². The van der Waals surface area contributed by atoms with Crippen molar-refractivity contribution in [2.24, 2.45) is 0 Å². The van der Waals surface area contributed by atoms with E-state index in [2.05, 4.69) is 15.2 Å². The second-order valence-corrected chi connectivity index (χ2v) is 7.09. The topological polar surface area (TPSA) is 114 Å². The Labute approximate surface area is 162 Å². The first-order valence-corrected chi connectivity index (χ1v) is 9.21. The van der Waals surface area contributed by atoms with Gasteiger partial charge >= 0.3 is 5.97 Å². The largest absolute Gasteiger partial charge is 0.478 e. The number of ether oxygens (including phenoxy) is 1. The fourth-order valence-corrected chi connectivity index (χ4v) is 3.91. The van der Waals surface area contributed by atoms with Crippen LogP contribution in [0.1, 0.15) is 40.4 Å². The summed E-state index contributed by atoms with van der Waals surface area (Å²) in [7, 11) is 0. The third-order valence-corrected chi connectivity index (χ3v) is 5.43. The zero-order valence-corrected chi connectivity index (χ0v) is 15.6. The van der Waals surface area contributed by atoms with E-state index in [9.17, 15) is 9.90 Å². The number of carbonyl (C=O) groups is 1. The summed E-state index contributed by atoms with van der Waals surface area (Å²) in [4.78, 5) is 16.5. The van der Waals surface area contributed by atoms with Crippen LogP contribution >= 0.6 is 0 Å². The molecule has 0 aliphatic carbocycles. The number of nitrogen functional groups attached to an aromatic ring is 1. The maximum atomic E-state index is 11.9. The number of aromatic carboxylic acids is 1. The zero-order chi connectivity index (χ0) is 19.7. The van der Waals surface area contributed by atoms with E-state index in [1.165, 1.54) is 0 Å². The van der Waals surface area contributed by atoms with Gasteiger partial charge in [-0.05, 0) is 49.1 Å². The minimum atomic E-state index is -0.987. The van der Waals surface area contributed by atoms with Gasteiger partial charge in [0.1, 0.15) is 5.82 Å². The van der Waals surface area contributed by atoms with E-state index in [0.717, 1.165) is 24.2 Å². The number of hydrogen-bond donors (Lipinski definition) is 3. The Bertz CT molecular complexity index is 1020. The lowest BCUT2D eigenvalue weighted by Gasteiger charge is -2.35. The van der Waals surface area contributed by atoms with Crippen molar-refractivity contribution in [3.63, 3.8) is 0 Å². The predicted octanol–water partition coefficient (Wildman–Crippen LogP) is 3.16. The van der Waals surface area contributed by atoms with Crippen LogP contribution in [0.4, 0.5) is 5.69 Å². The molecule has 0 amide bonds. The van der Waals surface area contributed by atoms with Crippen LogP contribution in [0.5, 0.6) is 0 Å². The summed E-state index contributed by atoms with van der Waals surface area (Å²) >= 11 is 0. The van der Waals surface area contributed by atoms with Crippen LogP contribution < -0.4 is 5.73 Å². The zero-order valence-electron chi connectivity index (χ0n) is 15.6. The van der Waals surface area contributed by atoms with Crippen LogP contribution in [0.3, 0.4) is 0 Å². The lowest BCUT2D eigenvalue weighted by atomic mass is 9.72. The number of nitrogens with two attached hydrogens (primary N) is 1. The maximum absolute atomic E-state index is 11.9. The van der Waals surface area contributed by atoms with Crippen molar-refractivity contribution in [3.8, 4) is 11.1 Å². The summed E-state index contributed by atoms with van der Waals surface area (Å²) in [5.41, 5.74) is 8.75. The second kappa shape index (κ2) is 7.09. The number of rotatable bonds is 4. The second-order valence-electron chi connectivity index (χ2n) is 7.09. The van der Waals surface area contributed by atoms with Crippen molar-refractivity contribution in [2.45, 2.75) is 25.2 Å². The Morgan fingerprint density at radius 1 is 1.18 bits per heavy atom. The number of aromatic amines is 1. The first-order chi connectivity index (χ1) is 13.5. The molecule has 1 aliphatic heterocycles. The minimum Gasteiger partial charge on any atom is -0.478 e. The van der Waals surface area contributed by atoms with Gasteiger partial charge in [-0.2, -0.15) is 5.10 Å². The molecule has 7 nitrogen and oxygen atoms in total. The van der Waals surface area contributed by atoms with Gasteiger partial charge in [-0.3, -0.25) is 5.10 Å². The van der Waals surface area contributed by atoms with Gasteiger partial charge in [-0.25, -0.2) is 9.78 Å². The molecule has 4 N–H and O–H groups in total. The van der Waals surface area contributed by atoms with Gasteiger partial charge in [0.15, 0.2) is 5.82 Å². The molecule has 7 heteroatoms. The highest BCUT2D eigenvalue weighted by Crippen LogP contribution is 2.42. The first-order valence-electron chi connectivity index (χ1n) is 9.21.